The Bertz CT molecular complexity index is 913. The van der Waals surface area contributed by atoms with Crippen molar-refractivity contribution in [2.75, 3.05) is 5.32 Å². The van der Waals surface area contributed by atoms with Crippen molar-refractivity contribution in [1.29, 1.82) is 0 Å². The van der Waals surface area contributed by atoms with Gasteiger partial charge in [0, 0.05) is 18.2 Å². The van der Waals surface area contributed by atoms with Gasteiger partial charge in [-0.15, -0.1) is 13.2 Å². The van der Waals surface area contributed by atoms with Gasteiger partial charge in [0.2, 0.25) is 5.91 Å². The van der Waals surface area contributed by atoms with E-state index in [0.717, 1.165) is 6.20 Å². The zero-order chi connectivity index (χ0) is 21.6. The molecule has 0 saturated heterocycles. The molecule has 3 N–H and O–H groups in total. The van der Waals surface area contributed by atoms with Crippen molar-refractivity contribution in [3.63, 3.8) is 0 Å². The summed E-state index contributed by atoms with van der Waals surface area (Å²) in [5, 5.41) is 6.25. The smallest absolute Gasteiger partial charge is 0.405 e. The number of nitrogens with two attached hydrogens (primary N) is 1. The van der Waals surface area contributed by atoms with E-state index in [1.807, 2.05) is 0 Å². The molecule has 2 amide bonds. The average molecular weight is 405 g/mol. The van der Waals surface area contributed by atoms with E-state index in [1.54, 1.807) is 6.92 Å². The van der Waals surface area contributed by atoms with Crippen LogP contribution in [0.15, 0.2) is 49.8 Å². The molecule has 0 fully saturated rings. The number of rotatable bonds is 9. The minimum absolute atomic E-state index is 0.0234. The first-order chi connectivity index (χ1) is 13.8. The molecule has 0 aliphatic carbocycles. The van der Waals surface area contributed by atoms with Crippen LogP contribution in [0.3, 0.4) is 0 Å². The molecular weight excluding hydrogens is 384 g/mol. The Morgan fingerprint density at radius 2 is 2.14 bits per heavy atom. The monoisotopic (exact) mass is 405 g/mol. The molecule has 8 nitrogen and oxygen atoms in total. The van der Waals surface area contributed by atoms with Gasteiger partial charge in [-0.05, 0) is 12.1 Å². The third-order valence-electron chi connectivity index (χ3n) is 4.03. The van der Waals surface area contributed by atoms with Crippen LogP contribution in [0, 0.1) is 5.92 Å². The lowest BCUT2D eigenvalue weighted by Gasteiger charge is -2.16. The molecule has 29 heavy (non-hydrogen) atoms. The Balaban J connectivity index is 2.51. The standard InChI is InChI=1S/C19H21F2N5O3/c1-4-6-15(29-19(22)28)13-9-12(7-8-23-13)16-14(10-24-26(16)18(20)21)25-17(27)11(3)5-2/h4-5,7-11,15,18H,1-2,6H2,3H3,(H2,22,28)(H,25,27)/t11-,15+/m1/s1. The van der Waals surface area contributed by atoms with Crippen molar-refractivity contribution in [3.05, 3.63) is 55.5 Å². The lowest BCUT2D eigenvalue weighted by atomic mass is 10.1. The van der Waals surface area contributed by atoms with Gasteiger partial charge in [0.1, 0.15) is 6.10 Å². The lowest BCUT2D eigenvalue weighted by Crippen LogP contribution is -2.19. The number of amides is 2. The number of ether oxygens (including phenoxy) is 1. The summed E-state index contributed by atoms with van der Waals surface area (Å²) in [5.74, 6) is -0.961. The number of anilines is 1. The van der Waals surface area contributed by atoms with Crippen molar-refractivity contribution in [1.82, 2.24) is 14.8 Å². The molecule has 2 rings (SSSR count). The zero-order valence-electron chi connectivity index (χ0n) is 15.7. The lowest BCUT2D eigenvalue weighted by molar-refractivity contribution is -0.118. The summed E-state index contributed by atoms with van der Waals surface area (Å²) in [4.78, 5) is 27.5. The number of primary amides is 1. The fourth-order valence-corrected chi connectivity index (χ4v) is 2.54. The van der Waals surface area contributed by atoms with E-state index in [4.69, 9.17) is 10.5 Å². The first-order valence-corrected chi connectivity index (χ1v) is 8.60. The van der Waals surface area contributed by atoms with E-state index in [1.165, 1.54) is 30.5 Å². The van der Waals surface area contributed by atoms with Crippen molar-refractivity contribution < 1.29 is 23.1 Å². The number of nitrogens with zero attached hydrogens (tertiary/aromatic N) is 3. The summed E-state index contributed by atoms with van der Waals surface area (Å²) in [7, 11) is 0. The minimum atomic E-state index is -2.95. The number of halogens is 2. The summed E-state index contributed by atoms with van der Waals surface area (Å²) in [5.41, 5.74) is 5.72. The minimum Gasteiger partial charge on any atom is -0.440 e. The Kier molecular flexibility index (Phi) is 7.18. The van der Waals surface area contributed by atoms with Crippen molar-refractivity contribution >= 4 is 17.7 Å². The summed E-state index contributed by atoms with van der Waals surface area (Å²) in [6.07, 6.45) is 3.81. The number of nitrogens with one attached hydrogen (secondary N) is 1. The molecule has 0 aliphatic heterocycles. The molecule has 2 aromatic heterocycles. The highest BCUT2D eigenvalue weighted by molar-refractivity contribution is 5.96. The summed E-state index contributed by atoms with van der Waals surface area (Å²) >= 11 is 0. The molecule has 0 bridgehead atoms. The van der Waals surface area contributed by atoms with E-state index in [-0.39, 0.29) is 29.1 Å². The zero-order valence-corrected chi connectivity index (χ0v) is 15.7. The van der Waals surface area contributed by atoms with Gasteiger partial charge in [-0.3, -0.25) is 9.78 Å². The third-order valence-corrected chi connectivity index (χ3v) is 4.03. The maximum Gasteiger partial charge on any atom is 0.405 e. The molecule has 0 saturated carbocycles. The number of pyridine rings is 1. The van der Waals surface area contributed by atoms with Crippen LogP contribution < -0.4 is 11.1 Å². The molecule has 2 aromatic rings. The van der Waals surface area contributed by atoms with Crippen LogP contribution in [0.5, 0.6) is 0 Å². The molecule has 2 heterocycles. The molecule has 2 atom stereocenters. The number of carbonyl (C=O) groups excluding carboxylic acids is 2. The normalized spacial score (nSPS) is 12.8. The maximum absolute atomic E-state index is 13.5. The van der Waals surface area contributed by atoms with Gasteiger partial charge in [0.05, 0.1) is 29.2 Å². The van der Waals surface area contributed by atoms with E-state index in [9.17, 15) is 18.4 Å². The van der Waals surface area contributed by atoms with Crippen LogP contribution in [0.4, 0.5) is 19.3 Å². The van der Waals surface area contributed by atoms with Crippen LogP contribution in [0.1, 0.15) is 31.7 Å². The van der Waals surface area contributed by atoms with Gasteiger partial charge in [0.15, 0.2) is 0 Å². The third kappa shape index (κ3) is 5.24. The fourth-order valence-electron chi connectivity index (χ4n) is 2.54. The second-order valence-corrected chi connectivity index (χ2v) is 6.06. The van der Waals surface area contributed by atoms with Crippen LogP contribution in [-0.2, 0) is 9.53 Å². The topological polar surface area (TPSA) is 112 Å². The van der Waals surface area contributed by atoms with Gasteiger partial charge in [-0.25, -0.2) is 9.48 Å². The SMILES string of the molecule is C=CC[C@H](OC(N)=O)c1cc(-c2c(NC(=O)[C@H](C)C=C)cnn2C(F)F)ccn1. The van der Waals surface area contributed by atoms with Gasteiger partial charge in [-0.1, -0.05) is 19.1 Å². The van der Waals surface area contributed by atoms with E-state index < -0.39 is 30.6 Å². The second kappa shape index (κ2) is 9.58. The largest absolute Gasteiger partial charge is 0.440 e. The molecule has 10 heteroatoms. The average Bonchev–Trinajstić information content (AvgIpc) is 3.10. The highest BCUT2D eigenvalue weighted by atomic mass is 19.3. The number of alkyl halides is 2. The summed E-state index contributed by atoms with van der Waals surface area (Å²) in [6, 6.07) is 2.93. The highest BCUT2D eigenvalue weighted by Crippen LogP contribution is 2.33. The number of carbonyl (C=O) groups is 2. The van der Waals surface area contributed by atoms with Gasteiger partial charge in [0.25, 0.3) is 0 Å². The Morgan fingerprint density at radius 1 is 1.41 bits per heavy atom. The van der Waals surface area contributed by atoms with Crippen LogP contribution in [0.25, 0.3) is 11.3 Å². The molecule has 0 aromatic carbocycles. The van der Waals surface area contributed by atoms with Crippen LogP contribution in [-0.4, -0.2) is 26.8 Å². The number of aromatic nitrogens is 3. The van der Waals surface area contributed by atoms with Crippen LogP contribution >= 0.6 is 0 Å². The van der Waals surface area contributed by atoms with Gasteiger partial charge < -0.3 is 15.8 Å². The molecule has 0 unspecified atom stereocenters. The van der Waals surface area contributed by atoms with Crippen molar-refractivity contribution in [2.24, 2.45) is 11.7 Å². The van der Waals surface area contributed by atoms with Gasteiger partial charge in [-0.2, -0.15) is 13.9 Å². The molecule has 154 valence electrons. The number of hydrogen-bond donors (Lipinski definition) is 2. The van der Waals surface area contributed by atoms with E-state index in [0.29, 0.717) is 4.68 Å². The molecule has 0 aliphatic rings. The first kappa shape index (κ1) is 21.7. The van der Waals surface area contributed by atoms with Crippen LogP contribution in [0.2, 0.25) is 0 Å². The second-order valence-electron chi connectivity index (χ2n) is 6.06. The molecular formula is C19H21F2N5O3. The predicted molar refractivity (Wildman–Crippen MR) is 103 cm³/mol. The Hall–Kier alpha value is -3.56. The first-order valence-electron chi connectivity index (χ1n) is 8.60. The number of hydrogen-bond acceptors (Lipinski definition) is 5. The van der Waals surface area contributed by atoms with Crippen molar-refractivity contribution in [3.8, 4) is 11.3 Å². The Labute approximate surface area is 166 Å². The fraction of sp³-hybridized carbons (Fsp3) is 0.263. The van der Waals surface area contributed by atoms with Crippen molar-refractivity contribution in [2.45, 2.75) is 26.0 Å². The summed E-state index contributed by atoms with van der Waals surface area (Å²) < 4.78 is 32.5. The highest BCUT2D eigenvalue weighted by Gasteiger charge is 2.23. The summed E-state index contributed by atoms with van der Waals surface area (Å²) in [6.45, 7) is 5.79. The molecule has 0 radical (unpaired) electrons. The maximum atomic E-state index is 13.5. The van der Waals surface area contributed by atoms with E-state index in [2.05, 4.69) is 28.6 Å². The van der Waals surface area contributed by atoms with E-state index >= 15 is 0 Å². The quantitative estimate of drug-likeness (QED) is 0.616. The molecule has 0 spiro atoms. The van der Waals surface area contributed by atoms with Gasteiger partial charge >= 0.3 is 12.6 Å². The Morgan fingerprint density at radius 3 is 2.72 bits per heavy atom. The predicted octanol–water partition coefficient (Wildman–Crippen LogP) is 3.81.